The van der Waals surface area contributed by atoms with E-state index in [9.17, 15) is 14.0 Å². The number of nitrogens with one attached hydrogen (secondary N) is 1. The summed E-state index contributed by atoms with van der Waals surface area (Å²) in [6.45, 7) is 4.10. The number of hydrogen-bond donors (Lipinski definition) is 1. The fourth-order valence-electron chi connectivity index (χ4n) is 2.81. The Morgan fingerprint density at radius 1 is 1.12 bits per heavy atom. The van der Waals surface area contributed by atoms with E-state index in [1.807, 2.05) is 11.8 Å². The molecule has 1 aromatic carbocycles. The number of furan rings is 1. The molecule has 6 nitrogen and oxygen atoms in total. The van der Waals surface area contributed by atoms with Crippen LogP contribution in [0.5, 0.6) is 0 Å². The lowest BCUT2D eigenvalue weighted by molar-refractivity contribution is -0.121. The van der Waals surface area contributed by atoms with E-state index in [4.69, 9.17) is 4.42 Å². The monoisotopic (exact) mass is 345 g/mol. The molecule has 7 heteroatoms. The molecule has 1 aliphatic rings. The van der Waals surface area contributed by atoms with E-state index < -0.39 is 0 Å². The number of hydrogen-bond acceptors (Lipinski definition) is 4. The number of piperazine rings is 1. The standard InChI is InChI=1S/C18H20FN3O3/c1-13(17(23)20-15-6-4-14(19)5-7-15)21-8-10-22(11-9-21)18(24)16-3-2-12-25-16/h2-7,12-13H,8-11H2,1H3,(H,20,23). The van der Waals surface area contributed by atoms with Crippen LogP contribution >= 0.6 is 0 Å². The smallest absolute Gasteiger partial charge is 0.289 e. The summed E-state index contributed by atoms with van der Waals surface area (Å²) in [7, 11) is 0. The average Bonchev–Trinajstić information content (AvgIpc) is 3.17. The van der Waals surface area contributed by atoms with Gasteiger partial charge in [-0.05, 0) is 43.3 Å². The molecule has 0 spiro atoms. The fraction of sp³-hybridized carbons (Fsp3) is 0.333. The summed E-state index contributed by atoms with van der Waals surface area (Å²) in [4.78, 5) is 28.3. The Hall–Kier alpha value is -2.67. The maximum atomic E-state index is 12.9. The van der Waals surface area contributed by atoms with Gasteiger partial charge in [-0.15, -0.1) is 0 Å². The maximum Gasteiger partial charge on any atom is 0.289 e. The van der Waals surface area contributed by atoms with Gasteiger partial charge in [-0.2, -0.15) is 0 Å². The van der Waals surface area contributed by atoms with Crippen molar-refractivity contribution in [2.45, 2.75) is 13.0 Å². The minimum absolute atomic E-state index is 0.131. The van der Waals surface area contributed by atoms with E-state index in [2.05, 4.69) is 5.32 Å². The molecular weight excluding hydrogens is 325 g/mol. The van der Waals surface area contributed by atoms with E-state index in [1.54, 1.807) is 17.0 Å². The Labute approximate surface area is 145 Å². The highest BCUT2D eigenvalue weighted by Gasteiger charge is 2.28. The molecular formula is C18H20FN3O3. The van der Waals surface area contributed by atoms with Gasteiger partial charge in [0.1, 0.15) is 5.82 Å². The Morgan fingerprint density at radius 2 is 1.80 bits per heavy atom. The van der Waals surface area contributed by atoms with Gasteiger partial charge in [-0.25, -0.2) is 4.39 Å². The van der Waals surface area contributed by atoms with E-state index >= 15 is 0 Å². The Bertz CT molecular complexity index is 723. The molecule has 3 rings (SSSR count). The third-order valence-electron chi connectivity index (χ3n) is 4.37. The van der Waals surface area contributed by atoms with Crippen LogP contribution in [0.3, 0.4) is 0 Å². The Morgan fingerprint density at radius 3 is 2.40 bits per heavy atom. The second-order valence-corrected chi connectivity index (χ2v) is 5.98. The van der Waals surface area contributed by atoms with Crippen molar-refractivity contribution >= 4 is 17.5 Å². The van der Waals surface area contributed by atoms with E-state index in [0.717, 1.165) is 0 Å². The van der Waals surface area contributed by atoms with Gasteiger partial charge >= 0.3 is 0 Å². The molecule has 25 heavy (non-hydrogen) atoms. The number of rotatable bonds is 4. The Kier molecular flexibility index (Phi) is 5.14. The van der Waals surface area contributed by atoms with E-state index in [0.29, 0.717) is 37.6 Å². The molecule has 1 saturated heterocycles. The first-order chi connectivity index (χ1) is 12.0. The first-order valence-electron chi connectivity index (χ1n) is 8.18. The van der Waals surface area contributed by atoms with Crippen molar-refractivity contribution in [2.75, 3.05) is 31.5 Å². The minimum Gasteiger partial charge on any atom is -0.459 e. The predicted octanol–water partition coefficient (Wildman–Crippen LogP) is 2.20. The summed E-state index contributed by atoms with van der Waals surface area (Å²) in [6, 6.07) is 8.66. The fourth-order valence-corrected chi connectivity index (χ4v) is 2.81. The van der Waals surface area contributed by atoms with Gasteiger partial charge in [0.2, 0.25) is 5.91 Å². The number of amides is 2. The first kappa shape index (κ1) is 17.2. The third kappa shape index (κ3) is 4.06. The molecule has 0 radical (unpaired) electrons. The van der Waals surface area contributed by atoms with Crippen molar-refractivity contribution in [3.05, 3.63) is 54.2 Å². The normalized spacial score (nSPS) is 16.5. The van der Waals surface area contributed by atoms with Gasteiger partial charge in [-0.3, -0.25) is 14.5 Å². The summed E-state index contributed by atoms with van der Waals surface area (Å²) in [6.07, 6.45) is 1.48. The lowest BCUT2D eigenvalue weighted by Gasteiger charge is -2.37. The second-order valence-electron chi connectivity index (χ2n) is 5.98. The van der Waals surface area contributed by atoms with Crippen LogP contribution in [0.15, 0.2) is 47.1 Å². The maximum absolute atomic E-state index is 12.9. The highest BCUT2D eigenvalue weighted by atomic mass is 19.1. The molecule has 2 amide bonds. The topological polar surface area (TPSA) is 65.8 Å². The van der Waals surface area contributed by atoms with Gasteiger partial charge in [0.15, 0.2) is 5.76 Å². The quantitative estimate of drug-likeness (QED) is 0.923. The molecule has 1 aliphatic heterocycles. The van der Waals surface area contributed by atoms with Crippen LogP contribution in [0.25, 0.3) is 0 Å². The lowest BCUT2D eigenvalue weighted by atomic mass is 10.2. The molecule has 0 aliphatic carbocycles. The largest absolute Gasteiger partial charge is 0.459 e. The van der Waals surface area contributed by atoms with Gasteiger partial charge < -0.3 is 14.6 Å². The van der Waals surface area contributed by atoms with E-state index in [-0.39, 0.29) is 23.7 Å². The predicted molar refractivity (Wildman–Crippen MR) is 90.7 cm³/mol. The van der Waals surface area contributed by atoms with Crippen LogP contribution in [0.4, 0.5) is 10.1 Å². The zero-order valence-corrected chi connectivity index (χ0v) is 13.9. The van der Waals surface area contributed by atoms with Gasteiger partial charge in [0, 0.05) is 31.9 Å². The van der Waals surface area contributed by atoms with Crippen LogP contribution in [-0.2, 0) is 4.79 Å². The average molecular weight is 345 g/mol. The highest BCUT2D eigenvalue weighted by Crippen LogP contribution is 2.13. The van der Waals surface area contributed by atoms with Crippen molar-refractivity contribution in [3.63, 3.8) is 0 Å². The van der Waals surface area contributed by atoms with Crippen molar-refractivity contribution in [1.29, 1.82) is 0 Å². The first-order valence-corrected chi connectivity index (χ1v) is 8.18. The van der Waals surface area contributed by atoms with Crippen LogP contribution in [0.1, 0.15) is 17.5 Å². The summed E-state index contributed by atoms with van der Waals surface area (Å²) in [5.74, 6) is -0.301. The zero-order chi connectivity index (χ0) is 17.8. The number of anilines is 1. The Balaban J connectivity index is 1.52. The third-order valence-corrected chi connectivity index (χ3v) is 4.37. The molecule has 1 aromatic heterocycles. The molecule has 0 saturated carbocycles. The molecule has 1 atom stereocenters. The van der Waals surface area contributed by atoms with Crippen molar-refractivity contribution < 1.29 is 18.4 Å². The SMILES string of the molecule is CC(C(=O)Nc1ccc(F)cc1)N1CCN(C(=O)c2ccco2)CC1. The van der Waals surface area contributed by atoms with Crippen LogP contribution in [0, 0.1) is 5.82 Å². The molecule has 1 fully saturated rings. The molecule has 2 heterocycles. The number of nitrogens with zero attached hydrogens (tertiary/aromatic N) is 2. The van der Waals surface area contributed by atoms with Crippen LogP contribution in [0.2, 0.25) is 0 Å². The zero-order valence-electron chi connectivity index (χ0n) is 13.9. The molecule has 2 aromatic rings. The molecule has 132 valence electrons. The summed E-state index contributed by atoms with van der Waals surface area (Å²) < 4.78 is 18.1. The van der Waals surface area contributed by atoms with Crippen molar-refractivity contribution in [2.24, 2.45) is 0 Å². The minimum atomic E-state index is -0.344. The van der Waals surface area contributed by atoms with Gasteiger partial charge in [-0.1, -0.05) is 0 Å². The number of halogens is 1. The molecule has 1 unspecified atom stereocenters. The number of carbonyl (C=O) groups excluding carboxylic acids is 2. The van der Waals surface area contributed by atoms with Crippen LogP contribution < -0.4 is 5.32 Å². The lowest BCUT2D eigenvalue weighted by Crippen LogP contribution is -2.54. The van der Waals surface area contributed by atoms with Gasteiger partial charge in [0.05, 0.1) is 12.3 Å². The molecule has 1 N–H and O–H groups in total. The van der Waals surface area contributed by atoms with E-state index in [1.165, 1.54) is 30.5 Å². The summed E-state index contributed by atoms with van der Waals surface area (Å²) in [5.41, 5.74) is 0.560. The van der Waals surface area contributed by atoms with Crippen molar-refractivity contribution in [3.8, 4) is 0 Å². The van der Waals surface area contributed by atoms with Gasteiger partial charge in [0.25, 0.3) is 5.91 Å². The van der Waals surface area contributed by atoms with Crippen molar-refractivity contribution in [1.82, 2.24) is 9.80 Å². The summed E-state index contributed by atoms with van der Waals surface area (Å²) in [5, 5.41) is 2.78. The molecule has 0 bridgehead atoms. The summed E-state index contributed by atoms with van der Waals surface area (Å²) >= 11 is 0. The number of carbonyl (C=O) groups is 2. The number of benzene rings is 1. The highest BCUT2D eigenvalue weighted by molar-refractivity contribution is 5.94. The van der Waals surface area contributed by atoms with Crippen LogP contribution in [-0.4, -0.2) is 53.8 Å². The second kappa shape index (κ2) is 7.48.